The molecular weight excluding hydrogens is 278 g/mol. The largest absolute Gasteiger partial charge is 0.465 e. The summed E-state index contributed by atoms with van der Waals surface area (Å²) in [6.45, 7) is 5.07. The van der Waals surface area contributed by atoms with Crippen molar-refractivity contribution < 1.29 is 9.53 Å². The molecule has 1 heterocycles. The Morgan fingerprint density at radius 1 is 1.55 bits per heavy atom. The summed E-state index contributed by atoms with van der Waals surface area (Å²) >= 11 is 1.50. The molecule has 0 saturated heterocycles. The molecule has 2 rings (SSSR count). The lowest BCUT2D eigenvalue weighted by Crippen LogP contribution is -2.40. The molecule has 0 bridgehead atoms. The van der Waals surface area contributed by atoms with E-state index in [9.17, 15) is 4.79 Å². The quantitative estimate of drug-likeness (QED) is 0.538. The summed E-state index contributed by atoms with van der Waals surface area (Å²) in [7, 11) is 0. The maximum absolute atomic E-state index is 11.9. The lowest BCUT2D eigenvalue weighted by atomic mass is 10.3. The van der Waals surface area contributed by atoms with Crippen LogP contribution in [-0.2, 0) is 9.53 Å². The topological polar surface area (TPSA) is 81.9 Å². The highest BCUT2D eigenvalue weighted by molar-refractivity contribution is 7.99. The molecule has 1 saturated carbocycles. The maximum Gasteiger partial charge on any atom is 0.323 e. The van der Waals surface area contributed by atoms with Gasteiger partial charge in [0, 0.05) is 5.75 Å². The van der Waals surface area contributed by atoms with Gasteiger partial charge in [0.05, 0.1) is 12.6 Å². The third-order valence-electron chi connectivity index (χ3n) is 2.95. The number of nitrogens with one attached hydrogen (secondary N) is 1. The molecule has 1 aromatic heterocycles. The number of hydrogen-bond acceptors (Lipinski definition) is 7. The lowest BCUT2D eigenvalue weighted by molar-refractivity contribution is -0.144. The number of carbonyl (C=O) groups is 1. The van der Waals surface area contributed by atoms with Gasteiger partial charge in [0.2, 0.25) is 5.16 Å². The zero-order valence-electron chi connectivity index (χ0n) is 11.9. The molecule has 20 heavy (non-hydrogen) atoms. The van der Waals surface area contributed by atoms with Crippen LogP contribution >= 0.6 is 11.8 Å². The number of aromatic nitrogens is 4. The summed E-state index contributed by atoms with van der Waals surface area (Å²) in [6.07, 6.45) is 3.24. The first-order chi connectivity index (χ1) is 9.76. The molecule has 1 aliphatic rings. The first-order valence-electron chi connectivity index (χ1n) is 7.06. The predicted molar refractivity (Wildman–Crippen MR) is 75.5 cm³/mol. The summed E-state index contributed by atoms with van der Waals surface area (Å²) in [4.78, 5) is 11.9. The minimum absolute atomic E-state index is 0.209. The summed E-state index contributed by atoms with van der Waals surface area (Å²) in [5, 5.41) is 15.7. The van der Waals surface area contributed by atoms with Gasteiger partial charge in [-0.05, 0) is 43.2 Å². The van der Waals surface area contributed by atoms with Crippen molar-refractivity contribution in [2.45, 2.75) is 50.4 Å². The molecule has 1 aromatic rings. The van der Waals surface area contributed by atoms with Crippen molar-refractivity contribution in [1.29, 1.82) is 0 Å². The molecule has 8 heteroatoms. The fourth-order valence-corrected chi connectivity index (χ4v) is 2.74. The van der Waals surface area contributed by atoms with Crippen LogP contribution in [0.2, 0.25) is 0 Å². The van der Waals surface area contributed by atoms with Crippen LogP contribution in [0.4, 0.5) is 0 Å². The van der Waals surface area contributed by atoms with Gasteiger partial charge in [0.25, 0.3) is 0 Å². The van der Waals surface area contributed by atoms with E-state index in [1.54, 1.807) is 0 Å². The van der Waals surface area contributed by atoms with E-state index >= 15 is 0 Å². The van der Waals surface area contributed by atoms with Gasteiger partial charge in [0.1, 0.15) is 6.04 Å². The Hall–Kier alpha value is -1.15. The monoisotopic (exact) mass is 299 g/mol. The molecule has 1 N–H and O–H groups in total. The molecule has 1 atom stereocenters. The van der Waals surface area contributed by atoms with Gasteiger partial charge in [-0.1, -0.05) is 18.7 Å². The fraction of sp³-hybridized carbons (Fsp3) is 0.833. The maximum atomic E-state index is 11.9. The smallest absolute Gasteiger partial charge is 0.323 e. The van der Waals surface area contributed by atoms with E-state index in [2.05, 4.69) is 27.8 Å². The first kappa shape index (κ1) is 15.2. The van der Waals surface area contributed by atoms with Crippen molar-refractivity contribution in [2.24, 2.45) is 0 Å². The second kappa shape index (κ2) is 7.58. The summed E-state index contributed by atoms with van der Waals surface area (Å²) < 4.78 is 6.94. The van der Waals surface area contributed by atoms with Crippen molar-refractivity contribution in [3.8, 4) is 0 Å². The molecule has 0 spiro atoms. The molecule has 1 aliphatic carbocycles. The molecule has 0 aliphatic heterocycles. The Bertz CT molecular complexity index is 435. The molecule has 112 valence electrons. The molecule has 0 radical (unpaired) electrons. The number of carbonyl (C=O) groups excluding carboxylic acids is 1. The molecule has 7 nitrogen and oxygen atoms in total. The summed E-state index contributed by atoms with van der Waals surface area (Å²) in [5.41, 5.74) is 0. The van der Waals surface area contributed by atoms with Crippen LogP contribution in [0.3, 0.4) is 0 Å². The van der Waals surface area contributed by atoms with Crippen LogP contribution in [0, 0.1) is 0 Å². The van der Waals surface area contributed by atoms with Crippen LogP contribution in [0.15, 0.2) is 5.16 Å². The van der Waals surface area contributed by atoms with E-state index in [-0.39, 0.29) is 12.0 Å². The van der Waals surface area contributed by atoms with Crippen molar-refractivity contribution in [3.63, 3.8) is 0 Å². The van der Waals surface area contributed by atoms with E-state index in [0.29, 0.717) is 18.4 Å². The Labute approximate surface area is 122 Å². The van der Waals surface area contributed by atoms with Crippen LogP contribution in [-0.4, -0.2) is 51.1 Å². The Balaban J connectivity index is 1.89. The van der Waals surface area contributed by atoms with Crippen molar-refractivity contribution in [1.82, 2.24) is 25.5 Å². The second-order valence-corrected chi connectivity index (χ2v) is 5.69. The van der Waals surface area contributed by atoms with E-state index in [4.69, 9.17) is 4.74 Å². The van der Waals surface area contributed by atoms with Crippen molar-refractivity contribution >= 4 is 17.7 Å². The lowest BCUT2D eigenvalue weighted by Gasteiger charge is -2.16. The average molecular weight is 299 g/mol. The number of esters is 1. The number of ether oxygens (including phenoxy) is 1. The molecule has 1 unspecified atom stereocenters. The molecular formula is C12H21N5O2S. The molecule has 1 fully saturated rings. The van der Waals surface area contributed by atoms with E-state index in [1.165, 1.54) is 11.8 Å². The van der Waals surface area contributed by atoms with Crippen molar-refractivity contribution in [3.05, 3.63) is 0 Å². The number of rotatable bonds is 9. The van der Waals surface area contributed by atoms with Gasteiger partial charge in [-0.15, -0.1) is 5.10 Å². The van der Waals surface area contributed by atoms with Crippen LogP contribution < -0.4 is 5.32 Å². The summed E-state index contributed by atoms with van der Waals surface area (Å²) in [5.74, 6) is 0.366. The highest BCUT2D eigenvalue weighted by Crippen LogP contribution is 2.36. The average Bonchev–Trinajstić information content (AvgIpc) is 3.18. The third-order valence-corrected chi connectivity index (χ3v) is 3.97. The van der Waals surface area contributed by atoms with E-state index in [1.807, 2.05) is 11.6 Å². The van der Waals surface area contributed by atoms with E-state index in [0.717, 1.165) is 31.0 Å². The zero-order chi connectivity index (χ0) is 14.4. The van der Waals surface area contributed by atoms with Gasteiger partial charge in [0.15, 0.2) is 0 Å². The third kappa shape index (κ3) is 4.17. The molecule has 0 amide bonds. The van der Waals surface area contributed by atoms with Gasteiger partial charge in [-0.25, -0.2) is 4.68 Å². The normalized spacial score (nSPS) is 16.1. The Kier molecular flexibility index (Phi) is 5.78. The highest BCUT2D eigenvalue weighted by Gasteiger charge is 2.29. The number of hydrogen-bond donors (Lipinski definition) is 1. The van der Waals surface area contributed by atoms with Gasteiger partial charge < -0.3 is 10.1 Å². The minimum Gasteiger partial charge on any atom is -0.465 e. The van der Waals surface area contributed by atoms with Crippen LogP contribution in [0.1, 0.15) is 39.2 Å². The Morgan fingerprint density at radius 3 is 3.00 bits per heavy atom. The van der Waals surface area contributed by atoms with Gasteiger partial charge >= 0.3 is 5.97 Å². The van der Waals surface area contributed by atoms with Gasteiger partial charge in [-0.3, -0.25) is 4.79 Å². The fourth-order valence-electron chi connectivity index (χ4n) is 1.76. The first-order valence-corrected chi connectivity index (χ1v) is 8.05. The predicted octanol–water partition coefficient (Wildman–Crippen LogP) is 1.03. The number of tetrazole rings is 1. The highest BCUT2D eigenvalue weighted by atomic mass is 32.2. The van der Waals surface area contributed by atoms with Gasteiger partial charge in [-0.2, -0.15) is 0 Å². The second-order valence-electron chi connectivity index (χ2n) is 4.71. The Morgan fingerprint density at radius 2 is 2.35 bits per heavy atom. The minimum atomic E-state index is -0.316. The number of nitrogens with zero attached hydrogens (tertiary/aromatic N) is 4. The van der Waals surface area contributed by atoms with Crippen molar-refractivity contribution in [2.75, 3.05) is 18.9 Å². The number of thioether (sulfide) groups is 1. The zero-order valence-corrected chi connectivity index (χ0v) is 12.7. The standard InChI is InChI=1S/C12H21N5O2S/c1-3-7-13-10(11(18)19-4-2)8-20-12-14-15-16-17(12)9-5-6-9/h9-10,13H,3-8H2,1-2H3. The summed E-state index contributed by atoms with van der Waals surface area (Å²) in [6, 6.07) is 0.126. The van der Waals surface area contributed by atoms with Crippen LogP contribution in [0.5, 0.6) is 0 Å². The SMILES string of the molecule is CCCNC(CSc1nnnn1C1CC1)C(=O)OCC. The van der Waals surface area contributed by atoms with E-state index < -0.39 is 0 Å². The molecule has 0 aromatic carbocycles. The van der Waals surface area contributed by atoms with Crippen LogP contribution in [0.25, 0.3) is 0 Å².